The van der Waals surface area contributed by atoms with E-state index in [2.05, 4.69) is 10.1 Å². The largest absolute Gasteiger partial charge is 0.283 e. The topological polar surface area (TPSA) is 102 Å². The molecule has 0 amide bonds. The van der Waals surface area contributed by atoms with Gasteiger partial charge in [-0.2, -0.15) is 15.0 Å². The average molecular weight is 270 g/mol. The first kappa shape index (κ1) is 13.0. The Bertz CT molecular complexity index is 685. The molecule has 94 valence electrons. The minimum absolute atomic E-state index is 0.104. The fourth-order valence-electron chi connectivity index (χ4n) is 1.39. The van der Waals surface area contributed by atoms with Crippen molar-refractivity contribution in [3.63, 3.8) is 0 Å². The normalized spacial score (nSPS) is 9.84. The maximum absolute atomic E-state index is 8.55. The Morgan fingerprint density at radius 2 is 2.05 bits per heavy atom. The highest BCUT2D eigenvalue weighted by atomic mass is 32.2. The molecule has 0 aliphatic carbocycles. The van der Waals surface area contributed by atoms with Crippen molar-refractivity contribution in [1.82, 2.24) is 14.8 Å². The molecule has 0 unspecified atom stereocenters. The van der Waals surface area contributed by atoms with Crippen LogP contribution in [0.25, 0.3) is 0 Å². The molecule has 2 heterocycles. The molecule has 19 heavy (non-hydrogen) atoms. The predicted molar refractivity (Wildman–Crippen MR) is 70.9 cm³/mol. The van der Waals surface area contributed by atoms with Gasteiger partial charge in [0.15, 0.2) is 5.84 Å². The first-order chi connectivity index (χ1) is 9.22. The van der Waals surface area contributed by atoms with E-state index in [-0.39, 0.29) is 17.1 Å². The molecule has 0 aromatic carbocycles. The van der Waals surface area contributed by atoms with Crippen molar-refractivity contribution in [2.45, 2.75) is 5.03 Å². The summed E-state index contributed by atoms with van der Waals surface area (Å²) < 4.78 is 1.23. The standard InChI is InChI=1S/C12H10N6S/c13-5-8-19-11-2-1-10(14)18(17-11)12(15)9-3-6-16-7-4-9/h1-4,6-7,14-15H,8H2. The fourth-order valence-corrected chi connectivity index (χ4v) is 1.91. The van der Waals surface area contributed by atoms with Crippen LogP contribution >= 0.6 is 11.8 Å². The molecule has 7 heteroatoms. The van der Waals surface area contributed by atoms with Crippen molar-refractivity contribution in [3.8, 4) is 6.07 Å². The highest BCUT2D eigenvalue weighted by molar-refractivity contribution is 7.99. The smallest absolute Gasteiger partial charge is 0.155 e. The van der Waals surface area contributed by atoms with E-state index in [1.165, 1.54) is 16.4 Å². The Hall–Kier alpha value is -2.46. The lowest BCUT2D eigenvalue weighted by Crippen LogP contribution is -2.29. The maximum Gasteiger partial charge on any atom is 0.155 e. The lowest BCUT2D eigenvalue weighted by molar-refractivity contribution is 0.760. The van der Waals surface area contributed by atoms with Crippen molar-refractivity contribution in [1.29, 1.82) is 16.1 Å². The van der Waals surface area contributed by atoms with Gasteiger partial charge in [0.2, 0.25) is 0 Å². The zero-order chi connectivity index (χ0) is 13.7. The number of pyridine rings is 1. The molecule has 0 atom stereocenters. The van der Waals surface area contributed by atoms with Gasteiger partial charge in [-0.15, -0.1) is 0 Å². The van der Waals surface area contributed by atoms with Crippen LogP contribution in [0.3, 0.4) is 0 Å². The SMILES string of the molecule is N#CCSc1ccc(=N)n(C(=N)c2ccncc2)n1. The summed E-state index contributed by atoms with van der Waals surface area (Å²) in [5.41, 5.74) is 0.742. The molecule has 0 aliphatic heterocycles. The molecule has 0 fully saturated rings. The summed E-state index contributed by atoms with van der Waals surface area (Å²) in [6, 6.07) is 8.61. The number of rotatable bonds is 3. The van der Waals surface area contributed by atoms with Crippen molar-refractivity contribution in [3.05, 3.63) is 47.7 Å². The lowest BCUT2D eigenvalue weighted by atomic mass is 10.2. The number of hydrogen-bond acceptors (Lipinski definition) is 6. The van der Waals surface area contributed by atoms with E-state index in [1.54, 1.807) is 36.7 Å². The summed E-state index contributed by atoms with van der Waals surface area (Å²) in [4.78, 5) is 3.89. The van der Waals surface area contributed by atoms with Crippen molar-refractivity contribution in [2.75, 3.05) is 5.75 Å². The minimum atomic E-state index is 0.104. The van der Waals surface area contributed by atoms with Gasteiger partial charge < -0.3 is 0 Å². The second-order valence-electron chi connectivity index (χ2n) is 3.50. The quantitative estimate of drug-likeness (QED) is 0.497. The third-order valence-corrected chi connectivity index (χ3v) is 3.05. The first-order valence-electron chi connectivity index (χ1n) is 5.36. The Labute approximate surface area is 113 Å². The third kappa shape index (κ3) is 3.05. The monoisotopic (exact) mass is 270 g/mol. The molecule has 0 radical (unpaired) electrons. The van der Waals surface area contributed by atoms with E-state index in [9.17, 15) is 0 Å². The van der Waals surface area contributed by atoms with Crippen LogP contribution in [0, 0.1) is 22.1 Å². The molecule has 0 saturated carbocycles. The van der Waals surface area contributed by atoms with Crippen molar-refractivity contribution >= 4 is 17.6 Å². The third-order valence-electron chi connectivity index (χ3n) is 2.26. The molecule has 0 bridgehead atoms. The number of nitriles is 1. The van der Waals surface area contributed by atoms with E-state index in [1.807, 2.05) is 6.07 Å². The second-order valence-corrected chi connectivity index (χ2v) is 4.50. The summed E-state index contributed by atoms with van der Waals surface area (Å²) in [6.07, 6.45) is 3.17. The van der Waals surface area contributed by atoms with E-state index in [0.29, 0.717) is 10.6 Å². The molecule has 2 aromatic rings. The Morgan fingerprint density at radius 3 is 2.74 bits per heavy atom. The molecule has 2 N–H and O–H groups in total. The molecular formula is C12H10N6S. The van der Waals surface area contributed by atoms with Crippen LogP contribution in [0.4, 0.5) is 0 Å². The highest BCUT2D eigenvalue weighted by Crippen LogP contribution is 2.12. The summed E-state index contributed by atoms with van der Waals surface area (Å²) >= 11 is 1.27. The fraction of sp³-hybridized carbons (Fsp3) is 0.0833. The number of aromatic nitrogens is 3. The summed E-state index contributed by atoms with van der Waals surface area (Å²) in [7, 11) is 0. The van der Waals surface area contributed by atoms with Gasteiger partial charge in [0, 0.05) is 18.0 Å². The lowest BCUT2D eigenvalue weighted by Gasteiger charge is -2.08. The summed E-state index contributed by atoms with van der Waals surface area (Å²) in [5.74, 6) is 0.388. The van der Waals surface area contributed by atoms with Gasteiger partial charge in [0.05, 0.1) is 11.8 Å². The summed E-state index contributed by atoms with van der Waals surface area (Å²) in [5, 5.41) is 29.2. The Morgan fingerprint density at radius 1 is 1.32 bits per heavy atom. The Balaban J connectivity index is 2.37. The van der Waals surface area contributed by atoms with Gasteiger partial charge in [0.1, 0.15) is 10.5 Å². The molecule has 0 saturated heterocycles. The molecule has 2 rings (SSSR count). The minimum Gasteiger partial charge on any atom is -0.283 e. The average Bonchev–Trinajstić information content (AvgIpc) is 2.46. The van der Waals surface area contributed by atoms with Crippen LogP contribution < -0.4 is 5.49 Å². The Kier molecular flexibility index (Phi) is 4.05. The van der Waals surface area contributed by atoms with E-state index < -0.39 is 0 Å². The van der Waals surface area contributed by atoms with E-state index in [4.69, 9.17) is 16.1 Å². The van der Waals surface area contributed by atoms with Gasteiger partial charge in [-0.1, -0.05) is 11.8 Å². The molecule has 0 spiro atoms. The van der Waals surface area contributed by atoms with E-state index in [0.717, 1.165) is 0 Å². The number of nitrogens with zero attached hydrogens (tertiary/aromatic N) is 4. The highest BCUT2D eigenvalue weighted by Gasteiger charge is 2.07. The van der Waals surface area contributed by atoms with Crippen molar-refractivity contribution in [2.24, 2.45) is 0 Å². The van der Waals surface area contributed by atoms with Crippen LogP contribution in [0.1, 0.15) is 5.56 Å². The van der Waals surface area contributed by atoms with Gasteiger partial charge in [0.25, 0.3) is 0 Å². The van der Waals surface area contributed by atoms with Crippen LogP contribution in [0.15, 0.2) is 41.7 Å². The number of thioether (sulfide) groups is 1. The number of nitrogens with one attached hydrogen (secondary N) is 2. The second kappa shape index (κ2) is 5.93. The first-order valence-corrected chi connectivity index (χ1v) is 6.35. The summed E-state index contributed by atoms with van der Waals surface area (Å²) in [6.45, 7) is 0. The molecular weight excluding hydrogens is 260 g/mol. The zero-order valence-corrected chi connectivity index (χ0v) is 10.7. The van der Waals surface area contributed by atoms with Gasteiger partial charge in [-0.05, 0) is 24.3 Å². The molecule has 0 aliphatic rings. The van der Waals surface area contributed by atoms with Crippen LogP contribution in [0.5, 0.6) is 0 Å². The predicted octanol–water partition coefficient (Wildman–Crippen LogP) is 1.25. The van der Waals surface area contributed by atoms with Crippen LogP contribution in [0.2, 0.25) is 0 Å². The van der Waals surface area contributed by atoms with E-state index >= 15 is 0 Å². The zero-order valence-electron chi connectivity index (χ0n) is 9.87. The van der Waals surface area contributed by atoms with Gasteiger partial charge >= 0.3 is 0 Å². The van der Waals surface area contributed by atoms with Crippen LogP contribution in [-0.4, -0.2) is 26.4 Å². The molecule has 2 aromatic heterocycles. The number of hydrogen-bond donors (Lipinski definition) is 2. The van der Waals surface area contributed by atoms with Gasteiger partial charge in [-0.25, -0.2) is 0 Å². The molecule has 6 nitrogen and oxygen atoms in total. The van der Waals surface area contributed by atoms with Crippen LogP contribution in [-0.2, 0) is 0 Å². The van der Waals surface area contributed by atoms with Crippen molar-refractivity contribution < 1.29 is 0 Å². The maximum atomic E-state index is 8.55. The van der Waals surface area contributed by atoms with Gasteiger partial charge in [-0.3, -0.25) is 15.8 Å².